The first-order chi connectivity index (χ1) is 13.0. The first kappa shape index (κ1) is 18.7. The van der Waals surface area contributed by atoms with Gasteiger partial charge in [-0.3, -0.25) is 14.8 Å². The van der Waals surface area contributed by atoms with Crippen molar-refractivity contribution in [2.24, 2.45) is 0 Å². The van der Waals surface area contributed by atoms with Gasteiger partial charge in [-0.15, -0.1) is 0 Å². The molecule has 2 amide bonds. The molecule has 27 heavy (non-hydrogen) atoms. The van der Waals surface area contributed by atoms with E-state index in [-0.39, 0.29) is 5.91 Å². The summed E-state index contributed by atoms with van der Waals surface area (Å²) in [5, 5.41) is 8.53. The number of carbonyl (C=O) groups is 2. The highest BCUT2D eigenvalue weighted by atomic mass is 16.5. The van der Waals surface area contributed by atoms with Crippen LogP contribution in [0.4, 0.5) is 5.69 Å². The van der Waals surface area contributed by atoms with Gasteiger partial charge in [-0.2, -0.15) is 0 Å². The summed E-state index contributed by atoms with van der Waals surface area (Å²) in [6, 6.07) is 13.5. The normalized spacial score (nSPS) is 13.4. The van der Waals surface area contributed by atoms with Gasteiger partial charge in [-0.25, -0.2) is 5.48 Å². The number of nitrogens with zero attached hydrogens (tertiary/aromatic N) is 2. The fourth-order valence-electron chi connectivity index (χ4n) is 3.14. The maximum Gasteiger partial charge on any atom is 0.267 e. The van der Waals surface area contributed by atoms with Crippen molar-refractivity contribution < 1.29 is 14.8 Å². The fraction of sp³-hybridized carbons (Fsp3) is 0.238. The average molecular weight is 365 g/mol. The lowest BCUT2D eigenvalue weighted by Crippen LogP contribution is -2.36. The Kier molecular flexibility index (Phi) is 5.57. The largest absolute Gasteiger partial charge is 0.378 e. The molecule has 0 atom stereocenters. The molecule has 0 spiro atoms. The second kappa shape index (κ2) is 8.05. The van der Waals surface area contributed by atoms with E-state index in [0.717, 1.165) is 23.2 Å². The van der Waals surface area contributed by atoms with Crippen LogP contribution < -0.4 is 10.4 Å². The molecule has 1 aliphatic heterocycles. The molecule has 0 fully saturated rings. The van der Waals surface area contributed by atoms with E-state index < -0.39 is 5.91 Å². The lowest BCUT2D eigenvalue weighted by Gasteiger charge is -2.29. The van der Waals surface area contributed by atoms with Gasteiger partial charge < -0.3 is 9.80 Å². The second-order valence-electron chi connectivity index (χ2n) is 6.76. The van der Waals surface area contributed by atoms with Crippen LogP contribution in [0.25, 0.3) is 6.08 Å². The molecule has 1 heterocycles. The Morgan fingerprint density at radius 2 is 1.85 bits per heavy atom. The summed E-state index contributed by atoms with van der Waals surface area (Å²) in [5.74, 6) is -0.528. The van der Waals surface area contributed by atoms with Gasteiger partial charge in [-0.05, 0) is 53.5 Å². The topological polar surface area (TPSA) is 72.9 Å². The average Bonchev–Trinajstić information content (AvgIpc) is 2.70. The van der Waals surface area contributed by atoms with Gasteiger partial charge in [-0.1, -0.05) is 18.2 Å². The Morgan fingerprint density at radius 3 is 2.52 bits per heavy atom. The third kappa shape index (κ3) is 4.35. The number of hydrogen-bond donors (Lipinski definition) is 2. The summed E-state index contributed by atoms with van der Waals surface area (Å²) in [6.07, 6.45) is 3.69. The molecule has 2 N–H and O–H groups in total. The van der Waals surface area contributed by atoms with Crippen LogP contribution >= 0.6 is 0 Å². The highest BCUT2D eigenvalue weighted by Crippen LogP contribution is 2.23. The van der Waals surface area contributed by atoms with Crippen LogP contribution in [-0.2, 0) is 17.8 Å². The standard InChI is InChI=1S/C21H23N3O3/c1-23(2)19-8-6-16(7-9-19)21(26)24-12-11-17-13-15(3-5-18(17)14-24)4-10-20(25)22-27/h3-10,13,27H,11-12,14H2,1-2H3,(H,22,25)/b10-4+. The summed E-state index contributed by atoms with van der Waals surface area (Å²) >= 11 is 0. The molecule has 0 bridgehead atoms. The maximum atomic E-state index is 12.8. The van der Waals surface area contributed by atoms with Crippen molar-refractivity contribution in [1.82, 2.24) is 10.4 Å². The van der Waals surface area contributed by atoms with E-state index in [1.54, 1.807) is 11.6 Å². The molecule has 3 rings (SSSR count). The highest BCUT2D eigenvalue weighted by molar-refractivity contribution is 5.94. The van der Waals surface area contributed by atoms with Gasteiger partial charge in [0.25, 0.3) is 11.8 Å². The van der Waals surface area contributed by atoms with E-state index in [0.29, 0.717) is 18.7 Å². The van der Waals surface area contributed by atoms with E-state index in [9.17, 15) is 9.59 Å². The van der Waals surface area contributed by atoms with Gasteiger partial charge in [0, 0.05) is 44.5 Å². The number of nitrogens with one attached hydrogen (secondary N) is 1. The van der Waals surface area contributed by atoms with Crippen molar-refractivity contribution in [3.63, 3.8) is 0 Å². The van der Waals surface area contributed by atoms with Gasteiger partial charge in [0.2, 0.25) is 0 Å². The predicted octanol–water partition coefficient (Wildman–Crippen LogP) is 2.47. The Hall–Kier alpha value is -3.12. The lowest BCUT2D eigenvalue weighted by atomic mass is 9.96. The minimum Gasteiger partial charge on any atom is -0.378 e. The molecular weight excluding hydrogens is 342 g/mol. The third-order valence-corrected chi connectivity index (χ3v) is 4.70. The molecule has 0 radical (unpaired) electrons. The highest BCUT2D eigenvalue weighted by Gasteiger charge is 2.21. The Labute approximate surface area is 158 Å². The second-order valence-corrected chi connectivity index (χ2v) is 6.76. The van der Waals surface area contributed by atoms with Gasteiger partial charge in [0.05, 0.1) is 0 Å². The van der Waals surface area contributed by atoms with Crippen LogP contribution in [0.15, 0.2) is 48.5 Å². The number of rotatable bonds is 4. The fourth-order valence-corrected chi connectivity index (χ4v) is 3.14. The van der Waals surface area contributed by atoms with Crippen LogP contribution in [-0.4, -0.2) is 42.6 Å². The number of fused-ring (bicyclic) bond motifs is 1. The SMILES string of the molecule is CN(C)c1ccc(C(=O)N2CCc3cc(/C=C/C(=O)NO)ccc3C2)cc1. The Balaban J connectivity index is 1.71. The summed E-state index contributed by atoms with van der Waals surface area (Å²) in [5.41, 5.74) is 6.50. The molecule has 6 nitrogen and oxygen atoms in total. The number of benzene rings is 2. The molecule has 1 aliphatic rings. The molecule has 6 heteroatoms. The monoisotopic (exact) mass is 365 g/mol. The number of hydrogen-bond acceptors (Lipinski definition) is 4. The van der Waals surface area contributed by atoms with Crippen molar-refractivity contribution >= 4 is 23.6 Å². The van der Waals surface area contributed by atoms with Gasteiger partial charge in [0.15, 0.2) is 0 Å². The summed E-state index contributed by atoms with van der Waals surface area (Å²) in [6.45, 7) is 1.23. The van der Waals surface area contributed by atoms with Gasteiger partial charge >= 0.3 is 0 Å². The quantitative estimate of drug-likeness (QED) is 0.496. The van der Waals surface area contributed by atoms with Crippen LogP contribution in [0, 0.1) is 0 Å². The molecule has 2 aromatic carbocycles. The Morgan fingerprint density at radius 1 is 1.11 bits per heavy atom. The first-order valence-electron chi connectivity index (χ1n) is 8.78. The molecule has 140 valence electrons. The maximum absolute atomic E-state index is 12.8. The first-order valence-corrected chi connectivity index (χ1v) is 8.78. The number of hydroxylamine groups is 1. The predicted molar refractivity (Wildman–Crippen MR) is 105 cm³/mol. The molecule has 2 aromatic rings. The zero-order chi connectivity index (χ0) is 19.4. The lowest BCUT2D eigenvalue weighted by molar-refractivity contribution is -0.124. The zero-order valence-corrected chi connectivity index (χ0v) is 15.5. The molecule has 0 saturated heterocycles. The van der Waals surface area contributed by atoms with Crippen LogP contribution in [0.1, 0.15) is 27.0 Å². The van der Waals surface area contributed by atoms with Crippen molar-refractivity contribution in [1.29, 1.82) is 0 Å². The number of carbonyl (C=O) groups excluding carboxylic acids is 2. The van der Waals surface area contributed by atoms with E-state index in [1.165, 1.54) is 11.6 Å². The molecule has 0 aliphatic carbocycles. The number of anilines is 1. The summed E-state index contributed by atoms with van der Waals surface area (Å²) < 4.78 is 0. The van der Waals surface area contributed by atoms with E-state index in [1.807, 2.05) is 66.4 Å². The molecule has 0 aromatic heterocycles. The molecule has 0 saturated carbocycles. The minimum atomic E-state index is -0.565. The van der Waals surface area contributed by atoms with Crippen LogP contribution in [0.5, 0.6) is 0 Å². The Bertz CT molecular complexity index is 873. The summed E-state index contributed by atoms with van der Waals surface area (Å²) in [7, 11) is 3.94. The van der Waals surface area contributed by atoms with E-state index >= 15 is 0 Å². The van der Waals surface area contributed by atoms with Crippen LogP contribution in [0.2, 0.25) is 0 Å². The smallest absolute Gasteiger partial charge is 0.267 e. The molecule has 0 unspecified atom stereocenters. The molecular formula is C21H23N3O3. The van der Waals surface area contributed by atoms with Crippen LogP contribution in [0.3, 0.4) is 0 Å². The van der Waals surface area contributed by atoms with Crippen molar-refractivity contribution in [3.8, 4) is 0 Å². The van der Waals surface area contributed by atoms with Crippen molar-refractivity contribution in [2.45, 2.75) is 13.0 Å². The number of amides is 2. The third-order valence-electron chi connectivity index (χ3n) is 4.70. The minimum absolute atomic E-state index is 0.0366. The summed E-state index contributed by atoms with van der Waals surface area (Å²) in [4.78, 5) is 27.8. The van der Waals surface area contributed by atoms with E-state index in [2.05, 4.69) is 0 Å². The van der Waals surface area contributed by atoms with Gasteiger partial charge in [0.1, 0.15) is 0 Å². The van der Waals surface area contributed by atoms with E-state index in [4.69, 9.17) is 5.21 Å². The zero-order valence-electron chi connectivity index (χ0n) is 15.5. The van der Waals surface area contributed by atoms with Crippen molar-refractivity contribution in [2.75, 3.05) is 25.5 Å². The van der Waals surface area contributed by atoms with Crippen molar-refractivity contribution in [3.05, 3.63) is 70.8 Å².